The van der Waals surface area contributed by atoms with Crippen molar-refractivity contribution in [3.63, 3.8) is 0 Å². The Kier molecular flexibility index (Phi) is 3.98. The average Bonchev–Trinajstić information content (AvgIpc) is 2.41. The van der Waals surface area contributed by atoms with E-state index in [-0.39, 0.29) is 5.76 Å². The molecule has 3 heteroatoms. The quantitative estimate of drug-likeness (QED) is 0.671. The summed E-state index contributed by atoms with van der Waals surface area (Å²) < 4.78 is 5.40. The molecule has 0 aromatic heterocycles. The molecule has 0 radical (unpaired) electrons. The number of rotatable bonds is 4. The summed E-state index contributed by atoms with van der Waals surface area (Å²) in [6.45, 7) is 1.96. The number of hydrogen-bond donors (Lipinski definition) is 1. The zero-order valence-corrected chi connectivity index (χ0v) is 10.5. The van der Waals surface area contributed by atoms with Crippen molar-refractivity contribution < 1.29 is 14.6 Å². The first-order valence-corrected chi connectivity index (χ1v) is 5.90. The van der Waals surface area contributed by atoms with Crippen molar-refractivity contribution in [1.82, 2.24) is 0 Å². The van der Waals surface area contributed by atoms with Crippen molar-refractivity contribution in [3.8, 4) is 5.75 Å². The number of aliphatic carboxylic acids is 1. The van der Waals surface area contributed by atoms with Gasteiger partial charge in [0, 0.05) is 0 Å². The molecule has 1 N–H and O–H groups in total. The average molecular weight is 254 g/mol. The van der Waals surface area contributed by atoms with Crippen LogP contribution in [-0.2, 0) is 4.79 Å². The van der Waals surface area contributed by atoms with Gasteiger partial charge >= 0.3 is 5.97 Å². The SMILES string of the molecule is Cc1ccc(O/C(=C\c2ccccc2)C(=O)O)cc1. The van der Waals surface area contributed by atoms with Gasteiger partial charge in [0.1, 0.15) is 5.75 Å². The number of hydrogen-bond acceptors (Lipinski definition) is 2. The van der Waals surface area contributed by atoms with Gasteiger partial charge in [0.15, 0.2) is 0 Å². The third kappa shape index (κ3) is 3.71. The van der Waals surface area contributed by atoms with E-state index in [0.717, 1.165) is 11.1 Å². The highest BCUT2D eigenvalue weighted by atomic mass is 16.5. The van der Waals surface area contributed by atoms with Crippen LogP contribution in [0.4, 0.5) is 0 Å². The second kappa shape index (κ2) is 5.87. The van der Waals surface area contributed by atoms with Gasteiger partial charge in [-0.25, -0.2) is 4.79 Å². The molecule has 0 saturated carbocycles. The largest absolute Gasteiger partial charge is 0.475 e. The summed E-state index contributed by atoms with van der Waals surface area (Å²) in [6, 6.07) is 16.4. The van der Waals surface area contributed by atoms with Crippen LogP contribution in [0.2, 0.25) is 0 Å². The van der Waals surface area contributed by atoms with Crippen molar-refractivity contribution >= 4 is 12.0 Å². The molecule has 0 unspecified atom stereocenters. The lowest BCUT2D eigenvalue weighted by molar-refractivity contribution is -0.134. The van der Waals surface area contributed by atoms with Crippen LogP contribution >= 0.6 is 0 Å². The Morgan fingerprint density at radius 3 is 2.26 bits per heavy atom. The molecule has 0 spiro atoms. The fourth-order valence-corrected chi connectivity index (χ4v) is 1.57. The minimum atomic E-state index is -1.09. The lowest BCUT2D eigenvalue weighted by Crippen LogP contribution is -2.07. The molecule has 0 atom stereocenters. The first kappa shape index (κ1) is 12.9. The van der Waals surface area contributed by atoms with Gasteiger partial charge in [-0.1, -0.05) is 48.0 Å². The van der Waals surface area contributed by atoms with Gasteiger partial charge in [-0.05, 0) is 30.7 Å². The maximum Gasteiger partial charge on any atom is 0.371 e. The van der Waals surface area contributed by atoms with Crippen LogP contribution in [-0.4, -0.2) is 11.1 Å². The third-order valence-corrected chi connectivity index (χ3v) is 2.56. The van der Waals surface area contributed by atoms with Gasteiger partial charge in [-0.15, -0.1) is 0 Å². The maximum absolute atomic E-state index is 11.2. The van der Waals surface area contributed by atoms with Crippen LogP contribution in [0, 0.1) is 6.92 Å². The normalized spacial score (nSPS) is 11.1. The highest BCUT2D eigenvalue weighted by Crippen LogP contribution is 2.16. The monoisotopic (exact) mass is 254 g/mol. The van der Waals surface area contributed by atoms with E-state index in [1.54, 1.807) is 12.1 Å². The van der Waals surface area contributed by atoms with Crippen molar-refractivity contribution in [1.29, 1.82) is 0 Å². The highest BCUT2D eigenvalue weighted by Gasteiger charge is 2.10. The minimum absolute atomic E-state index is 0.102. The predicted molar refractivity (Wildman–Crippen MR) is 73.9 cm³/mol. The molecule has 0 aliphatic rings. The van der Waals surface area contributed by atoms with Gasteiger partial charge in [0.05, 0.1) is 0 Å². The fourth-order valence-electron chi connectivity index (χ4n) is 1.57. The summed E-state index contributed by atoms with van der Waals surface area (Å²) in [6.07, 6.45) is 1.50. The summed E-state index contributed by atoms with van der Waals surface area (Å²) in [7, 11) is 0. The molecule has 0 fully saturated rings. The Labute approximate surface area is 111 Å². The maximum atomic E-state index is 11.2. The van der Waals surface area contributed by atoms with Crippen molar-refractivity contribution in [3.05, 3.63) is 71.5 Å². The van der Waals surface area contributed by atoms with Gasteiger partial charge < -0.3 is 9.84 Å². The van der Waals surface area contributed by atoms with Crippen LogP contribution < -0.4 is 4.74 Å². The molecule has 0 aliphatic heterocycles. The van der Waals surface area contributed by atoms with E-state index in [9.17, 15) is 4.79 Å². The summed E-state index contributed by atoms with van der Waals surface area (Å²) in [5.74, 6) is -0.685. The van der Waals surface area contributed by atoms with E-state index >= 15 is 0 Å². The lowest BCUT2D eigenvalue weighted by Gasteiger charge is -2.06. The summed E-state index contributed by atoms with van der Waals surface area (Å²) >= 11 is 0. The highest BCUT2D eigenvalue weighted by molar-refractivity contribution is 5.90. The Morgan fingerprint density at radius 2 is 1.68 bits per heavy atom. The molecule has 2 aromatic carbocycles. The van der Waals surface area contributed by atoms with Crippen LogP contribution in [0.25, 0.3) is 6.08 Å². The van der Waals surface area contributed by atoms with Gasteiger partial charge in [-0.2, -0.15) is 0 Å². The standard InChI is InChI=1S/C16H14O3/c1-12-7-9-14(10-8-12)19-15(16(17)18)11-13-5-3-2-4-6-13/h2-11H,1H3,(H,17,18)/b15-11-. The lowest BCUT2D eigenvalue weighted by atomic mass is 10.2. The molecule has 2 rings (SSSR count). The number of benzene rings is 2. The molecule has 0 aliphatic carbocycles. The Morgan fingerprint density at radius 1 is 1.05 bits per heavy atom. The van der Waals surface area contributed by atoms with Crippen LogP contribution in [0.5, 0.6) is 5.75 Å². The molecule has 96 valence electrons. The molecule has 3 nitrogen and oxygen atoms in total. The van der Waals surface area contributed by atoms with E-state index in [1.165, 1.54) is 6.08 Å². The molecule has 19 heavy (non-hydrogen) atoms. The number of aryl methyl sites for hydroxylation is 1. The van der Waals surface area contributed by atoms with Crippen molar-refractivity contribution in [2.24, 2.45) is 0 Å². The van der Waals surface area contributed by atoms with Crippen molar-refractivity contribution in [2.75, 3.05) is 0 Å². The summed E-state index contributed by atoms with van der Waals surface area (Å²) in [5, 5.41) is 9.16. The summed E-state index contributed by atoms with van der Waals surface area (Å²) in [5.41, 5.74) is 1.88. The van der Waals surface area contributed by atoms with Crippen LogP contribution in [0.15, 0.2) is 60.4 Å². The van der Waals surface area contributed by atoms with Crippen LogP contribution in [0.1, 0.15) is 11.1 Å². The van der Waals surface area contributed by atoms with E-state index in [4.69, 9.17) is 9.84 Å². The van der Waals surface area contributed by atoms with E-state index in [0.29, 0.717) is 5.75 Å². The van der Waals surface area contributed by atoms with E-state index < -0.39 is 5.97 Å². The molecule has 0 bridgehead atoms. The smallest absolute Gasteiger partial charge is 0.371 e. The Hall–Kier alpha value is -2.55. The predicted octanol–water partition coefficient (Wildman–Crippen LogP) is 3.50. The van der Waals surface area contributed by atoms with Gasteiger partial charge in [-0.3, -0.25) is 0 Å². The second-order valence-electron chi connectivity index (χ2n) is 4.14. The van der Waals surface area contributed by atoms with Gasteiger partial charge in [0.25, 0.3) is 0 Å². The zero-order chi connectivity index (χ0) is 13.7. The van der Waals surface area contributed by atoms with E-state index in [2.05, 4.69) is 0 Å². The third-order valence-electron chi connectivity index (χ3n) is 2.56. The summed E-state index contributed by atoms with van der Waals surface area (Å²) in [4.78, 5) is 11.2. The number of carbonyl (C=O) groups is 1. The van der Waals surface area contributed by atoms with Crippen LogP contribution in [0.3, 0.4) is 0 Å². The topological polar surface area (TPSA) is 46.5 Å². The van der Waals surface area contributed by atoms with Gasteiger partial charge in [0.2, 0.25) is 5.76 Å². The number of carboxylic acid groups (broad SMARTS) is 1. The number of carboxylic acids is 1. The molecular weight excluding hydrogens is 240 g/mol. The zero-order valence-electron chi connectivity index (χ0n) is 10.5. The Bertz CT molecular complexity index is 583. The Balaban J connectivity index is 2.24. The fraction of sp³-hybridized carbons (Fsp3) is 0.0625. The molecule has 2 aromatic rings. The number of ether oxygens (including phenoxy) is 1. The second-order valence-corrected chi connectivity index (χ2v) is 4.14. The molecular formula is C16H14O3. The first-order chi connectivity index (χ1) is 9.15. The first-order valence-electron chi connectivity index (χ1n) is 5.90. The minimum Gasteiger partial charge on any atom is -0.475 e. The molecule has 0 saturated heterocycles. The molecule has 0 amide bonds. The van der Waals surface area contributed by atoms with Crippen molar-refractivity contribution in [2.45, 2.75) is 6.92 Å². The van der Waals surface area contributed by atoms with E-state index in [1.807, 2.05) is 49.4 Å². The molecule has 0 heterocycles.